The molecule has 2 N–H and O–H groups in total. The van der Waals surface area contributed by atoms with Crippen molar-refractivity contribution in [2.24, 2.45) is 0 Å². The molecule has 0 aromatic heterocycles. The van der Waals surface area contributed by atoms with E-state index in [0.717, 1.165) is 64.6 Å². The molecule has 14 heteroatoms. The van der Waals surface area contributed by atoms with Crippen LogP contribution in [0, 0.1) is 0 Å². The molecule has 0 unspecified atom stereocenters. The topological polar surface area (TPSA) is 136 Å². The smallest absolute Gasteiger partial charge is 0.251 e. The summed E-state index contributed by atoms with van der Waals surface area (Å²) in [5.74, 6) is 2.29. The summed E-state index contributed by atoms with van der Waals surface area (Å²) in [5, 5.41) is 11.1. The fourth-order valence-electron chi connectivity index (χ4n) is 8.36. The van der Waals surface area contributed by atoms with Gasteiger partial charge in [0.25, 0.3) is 5.91 Å². The van der Waals surface area contributed by atoms with Crippen LogP contribution in [0.2, 0.25) is 0 Å². The summed E-state index contributed by atoms with van der Waals surface area (Å²) < 4.78 is 46.4. The monoisotopic (exact) mass is 1020 g/mol. The molecule has 2 heterocycles. The molecular formula is C60H86N5O9. The van der Waals surface area contributed by atoms with Crippen LogP contribution >= 0.6 is 0 Å². The Hall–Kier alpha value is -5.51. The molecule has 0 atom stereocenters. The third kappa shape index (κ3) is 21.8. The number of hydrogen-bond donors (Lipinski definition) is 2. The minimum atomic E-state index is -0.178. The van der Waals surface area contributed by atoms with Crippen molar-refractivity contribution in [2.45, 2.75) is 117 Å². The number of nitrogens with zero attached hydrogens (tertiary/aromatic N) is 3. The average Bonchev–Trinajstić information content (AvgIpc) is 3.76. The van der Waals surface area contributed by atoms with Crippen molar-refractivity contribution >= 4 is 11.6 Å². The van der Waals surface area contributed by atoms with Gasteiger partial charge >= 0.3 is 0 Å². The van der Waals surface area contributed by atoms with Crippen LogP contribution in [-0.2, 0) is 36.3 Å². The molecule has 2 aliphatic rings. The van der Waals surface area contributed by atoms with E-state index >= 15 is 0 Å². The van der Waals surface area contributed by atoms with Crippen LogP contribution in [-0.4, -0.2) is 115 Å². The summed E-state index contributed by atoms with van der Waals surface area (Å²) >= 11 is 0. The molecule has 0 aliphatic carbocycles. The van der Waals surface area contributed by atoms with E-state index in [1.54, 1.807) is 18.2 Å². The molecule has 1 radical (unpaired) electrons. The van der Waals surface area contributed by atoms with Gasteiger partial charge in [-0.15, -0.1) is 0 Å². The highest BCUT2D eigenvalue weighted by Gasteiger charge is 2.23. The Bertz CT molecular complexity index is 2170. The maximum atomic E-state index is 13.4. The first kappa shape index (κ1) is 57.8. The molecule has 74 heavy (non-hydrogen) atoms. The lowest BCUT2D eigenvalue weighted by atomic mass is 9.80. The first-order valence-corrected chi connectivity index (χ1v) is 27.1. The predicted octanol–water partition coefficient (Wildman–Crippen LogP) is 11.0. The van der Waals surface area contributed by atoms with Gasteiger partial charge in [0, 0.05) is 49.2 Å². The normalized spacial score (nSPS) is 16.0. The van der Waals surface area contributed by atoms with Crippen LogP contribution in [0.5, 0.6) is 23.0 Å². The zero-order valence-electron chi connectivity index (χ0n) is 45.4. The number of ether oxygens (including phenoxy) is 8. The Labute approximate surface area is 442 Å². The van der Waals surface area contributed by atoms with Crippen LogP contribution in [0.25, 0.3) is 0 Å². The van der Waals surface area contributed by atoms with Crippen LogP contribution < -0.4 is 35.1 Å². The average molecular weight is 1020 g/mol. The molecule has 6 rings (SSSR count). The first-order chi connectivity index (χ1) is 35.9. The minimum absolute atomic E-state index is 0.106. The number of carbonyl (C=O) groups excluding carboxylic acids is 1. The Morgan fingerprint density at radius 1 is 0.527 bits per heavy atom. The molecule has 1 amide bonds. The lowest BCUT2D eigenvalue weighted by Crippen LogP contribution is -2.34. The molecule has 0 fully saturated rings. The van der Waals surface area contributed by atoms with E-state index in [1.807, 2.05) is 24.3 Å². The molecule has 2 aliphatic heterocycles. The summed E-state index contributed by atoms with van der Waals surface area (Å²) in [4.78, 5) is 13.4. The Kier molecular flexibility index (Phi) is 24.5. The lowest BCUT2D eigenvalue weighted by molar-refractivity contribution is 0.0260. The van der Waals surface area contributed by atoms with E-state index in [1.165, 1.54) is 40.9 Å². The van der Waals surface area contributed by atoms with Crippen molar-refractivity contribution < 1.29 is 42.7 Å². The summed E-state index contributed by atoms with van der Waals surface area (Å²) in [6, 6.07) is 30.4. The summed E-state index contributed by atoms with van der Waals surface area (Å²) in [7, 11) is 0. The highest BCUT2D eigenvalue weighted by atomic mass is 16.6. The van der Waals surface area contributed by atoms with E-state index in [0.29, 0.717) is 114 Å². The standard InChI is InChI=1S/C60H86N5O9/c1-59(2,3)50-41-51(60(4,5)6)43-52(42-50)61-24-15-8-7-14-21-53-47-64(63-65(53)46-48-19-12-11-13-20-48)26-17-10-9-16-25-62-58(66)49-39-56-45-57(40-49)74-38-34-70-30-28-68-32-36-72-55-23-18-22-54(44-55)71-35-31-67-27-29-69-33-37-73-56/h11-13,18-20,22-23,39-45,47,61H,7-10,14-17,21,24-38,46H2,1-6H3,(H,62,66). The van der Waals surface area contributed by atoms with Crippen molar-refractivity contribution in [3.05, 3.63) is 125 Å². The summed E-state index contributed by atoms with van der Waals surface area (Å²) in [6.07, 6.45) is 11.8. The zero-order chi connectivity index (χ0) is 52.3. The van der Waals surface area contributed by atoms with Gasteiger partial charge in [0.15, 0.2) is 0 Å². The number of carbonyl (C=O) groups is 1. The van der Waals surface area contributed by atoms with Gasteiger partial charge in [0.2, 0.25) is 0 Å². The fraction of sp³-hybridized carbons (Fsp3) is 0.550. The summed E-state index contributed by atoms with van der Waals surface area (Å²) in [5.41, 5.74) is 12.2. The molecular weight excluding hydrogens is 935 g/mol. The van der Waals surface area contributed by atoms with E-state index in [9.17, 15) is 4.79 Å². The number of allylic oxidation sites excluding steroid dienone is 1. The molecule has 405 valence electrons. The Morgan fingerprint density at radius 3 is 1.59 bits per heavy atom. The van der Waals surface area contributed by atoms with Crippen LogP contribution in [0.3, 0.4) is 0 Å². The molecule has 4 aromatic rings. The van der Waals surface area contributed by atoms with Crippen LogP contribution in [0.15, 0.2) is 103 Å². The zero-order valence-corrected chi connectivity index (χ0v) is 45.4. The van der Waals surface area contributed by atoms with Gasteiger partial charge in [-0.05, 0) is 102 Å². The third-order valence-corrected chi connectivity index (χ3v) is 12.7. The fourth-order valence-corrected chi connectivity index (χ4v) is 8.36. The number of fused-ring (bicyclic) bond motifs is 4. The van der Waals surface area contributed by atoms with Gasteiger partial charge in [0.1, 0.15) is 49.4 Å². The van der Waals surface area contributed by atoms with E-state index in [2.05, 4.69) is 117 Å². The number of nitrogens with one attached hydrogen (secondary N) is 2. The third-order valence-electron chi connectivity index (χ3n) is 12.7. The van der Waals surface area contributed by atoms with Crippen LogP contribution in [0.4, 0.5) is 5.69 Å². The second-order valence-corrected chi connectivity index (χ2v) is 21.0. The lowest BCUT2D eigenvalue weighted by Gasteiger charge is -2.26. The SMILES string of the molecule is CC(C)(C)c1cc(NCCCCCCC2=CN(CCCCCCNC(=O)c3cc4cc(c3)OCCOCCOCCOc3cccc(c3)OCCOCCOCCO4)[N]N2Cc2ccccc2)cc(C(C)(C)C)c1. The van der Waals surface area contributed by atoms with Crippen molar-refractivity contribution in [3.8, 4) is 23.0 Å². The molecule has 0 saturated heterocycles. The highest BCUT2D eigenvalue weighted by molar-refractivity contribution is 5.95. The Morgan fingerprint density at radius 2 is 1.03 bits per heavy atom. The summed E-state index contributed by atoms with van der Waals surface area (Å²) in [6.45, 7) is 21.6. The number of benzene rings is 4. The van der Waals surface area contributed by atoms with E-state index in [-0.39, 0.29) is 16.7 Å². The number of amides is 1. The Balaban J connectivity index is 0.895. The molecule has 4 bridgehead atoms. The van der Waals surface area contributed by atoms with Gasteiger partial charge in [-0.2, -0.15) is 0 Å². The maximum Gasteiger partial charge on any atom is 0.251 e. The minimum Gasteiger partial charge on any atom is -0.491 e. The maximum absolute atomic E-state index is 13.4. The van der Waals surface area contributed by atoms with Gasteiger partial charge in [-0.3, -0.25) is 14.8 Å². The molecule has 4 aromatic carbocycles. The number of unbranched alkanes of at least 4 members (excludes halogenated alkanes) is 6. The van der Waals surface area contributed by atoms with E-state index in [4.69, 9.17) is 43.4 Å². The predicted molar refractivity (Wildman–Crippen MR) is 293 cm³/mol. The van der Waals surface area contributed by atoms with Crippen molar-refractivity contribution in [2.75, 3.05) is 104 Å². The van der Waals surface area contributed by atoms with Gasteiger partial charge in [-0.1, -0.05) is 110 Å². The molecule has 0 spiro atoms. The number of anilines is 1. The number of rotatable bonds is 18. The molecule has 14 nitrogen and oxygen atoms in total. The second kappa shape index (κ2) is 31.4. The quantitative estimate of drug-likeness (QED) is 0.0919. The van der Waals surface area contributed by atoms with Crippen LogP contribution in [0.1, 0.15) is 126 Å². The van der Waals surface area contributed by atoms with Gasteiger partial charge in [0.05, 0.1) is 65.1 Å². The highest BCUT2D eigenvalue weighted by Crippen LogP contribution is 2.32. The van der Waals surface area contributed by atoms with Gasteiger partial charge < -0.3 is 48.5 Å². The van der Waals surface area contributed by atoms with E-state index < -0.39 is 0 Å². The largest absolute Gasteiger partial charge is 0.491 e. The first-order valence-electron chi connectivity index (χ1n) is 27.1. The van der Waals surface area contributed by atoms with Crippen molar-refractivity contribution in [1.29, 1.82) is 0 Å². The number of hydrogen-bond acceptors (Lipinski definition) is 12. The van der Waals surface area contributed by atoms with Crippen molar-refractivity contribution in [1.82, 2.24) is 20.9 Å². The van der Waals surface area contributed by atoms with Gasteiger partial charge in [-0.25, -0.2) is 0 Å². The molecule has 0 saturated carbocycles. The van der Waals surface area contributed by atoms with Crippen molar-refractivity contribution in [3.63, 3.8) is 0 Å². The second-order valence-electron chi connectivity index (χ2n) is 21.0.